The fourth-order valence-electron chi connectivity index (χ4n) is 3.23. The Morgan fingerprint density at radius 2 is 1.77 bits per heavy atom. The predicted molar refractivity (Wildman–Crippen MR) is 119 cm³/mol. The van der Waals surface area contributed by atoms with Gasteiger partial charge in [-0.3, -0.25) is 4.79 Å². The maximum absolute atomic E-state index is 12.8. The van der Waals surface area contributed by atoms with Crippen LogP contribution in [0.25, 0.3) is 17.1 Å². The van der Waals surface area contributed by atoms with Crippen LogP contribution in [0.3, 0.4) is 0 Å². The highest BCUT2D eigenvalue weighted by Crippen LogP contribution is 2.27. The van der Waals surface area contributed by atoms with Gasteiger partial charge in [0.15, 0.2) is 5.82 Å². The molecule has 4 rings (SSSR count). The van der Waals surface area contributed by atoms with Crippen molar-refractivity contribution in [3.05, 3.63) is 100 Å². The van der Waals surface area contributed by atoms with E-state index in [1.807, 2.05) is 86.6 Å². The summed E-state index contributed by atoms with van der Waals surface area (Å²) in [5, 5.41) is 8.06. The van der Waals surface area contributed by atoms with Gasteiger partial charge in [0.05, 0.1) is 5.69 Å². The van der Waals surface area contributed by atoms with Crippen molar-refractivity contribution in [1.82, 2.24) is 20.1 Å². The van der Waals surface area contributed by atoms with E-state index in [1.54, 1.807) is 4.68 Å². The van der Waals surface area contributed by atoms with Crippen molar-refractivity contribution in [2.45, 2.75) is 20.4 Å². The number of amides is 1. The first-order chi connectivity index (χ1) is 14.5. The van der Waals surface area contributed by atoms with Crippen LogP contribution < -0.4 is 5.32 Å². The molecule has 6 heteroatoms. The van der Waals surface area contributed by atoms with Crippen LogP contribution in [0.2, 0.25) is 5.02 Å². The van der Waals surface area contributed by atoms with Crippen molar-refractivity contribution >= 4 is 17.5 Å². The largest absolute Gasteiger partial charge is 0.345 e. The summed E-state index contributed by atoms with van der Waals surface area (Å²) in [5.74, 6) is 0.377. The molecule has 0 aliphatic carbocycles. The van der Waals surface area contributed by atoms with Crippen LogP contribution in [0.1, 0.15) is 27.3 Å². The molecule has 0 radical (unpaired) electrons. The van der Waals surface area contributed by atoms with Crippen LogP contribution >= 0.6 is 11.6 Å². The molecule has 0 bridgehead atoms. The van der Waals surface area contributed by atoms with E-state index >= 15 is 0 Å². The summed E-state index contributed by atoms with van der Waals surface area (Å²) in [7, 11) is 0. The summed E-state index contributed by atoms with van der Waals surface area (Å²) < 4.78 is 1.69. The number of nitrogens with zero attached hydrogens (tertiary/aromatic N) is 3. The Morgan fingerprint density at radius 1 is 1.00 bits per heavy atom. The fraction of sp³-hybridized carbons (Fsp3) is 0.125. The topological polar surface area (TPSA) is 59.8 Å². The third-order valence-electron chi connectivity index (χ3n) is 4.85. The number of carbonyl (C=O) groups is 1. The van der Waals surface area contributed by atoms with Gasteiger partial charge in [-0.25, -0.2) is 9.67 Å². The van der Waals surface area contributed by atoms with Crippen molar-refractivity contribution in [1.29, 1.82) is 0 Å². The molecule has 0 aliphatic rings. The predicted octanol–water partition coefficient (Wildman–Crippen LogP) is 5.13. The number of nitrogens with one attached hydrogen (secondary N) is 1. The molecule has 4 aromatic rings. The van der Waals surface area contributed by atoms with Gasteiger partial charge in [0.2, 0.25) is 5.82 Å². The fourth-order valence-corrected chi connectivity index (χ4v) is 3.40. The van der Waals surface area contributed by atoms with Crippen LogP contribution in [-0.4, -0.2) is 20.7 Å². The number of hydrogen-bond acceptors (Lipinski definition) is 3. The minimum Gasteiger partial charge on any atom is -0.345 e. The molecule has 0 fully saturated rings. The maximum Gasteiger partial charge on any atom is 0.291 e. The van der Waals surface area contributed by atoms with Gasteiger partial charge in [-0.2, -0.15) is 0 Å². The van der Waals surface area contributed by atoms with Crippen LogP contribution in [-0.2, 0) is 6.54 Å². The third-order valence-corrected chi connectivity index (χ3v) is 5.26. The van der Waals surface area contributed by atoms with Crippen molar-refractivity contribution in [2.75, 3.05) is 0 Å². The normalized spacial score (nSPS) is 10.8. The van der Waals surface area contributed by atoms with Crippen LogP contribution in [0.5, 0.6) is 0 Å². The summed E-state index contributed by atoms with van der Waals surface area (Å²) in [5.41, 5.74) is 4.64. The van der Waals surface area contributed by atoms with Crippen LogP contribution in [0.4, 0.5) is 0 Å². The second-order valence-electron chi connectivity index (χ2n) is 7.09. The number of benzene rings is 3. The number of hydrogen-bond donors (Lipinski definition) is 1. The Hall–Kier alpha value is -3.44. The van der Waals surface area contributed by atoms with Crippen molar-refractivity contribution in [2.24, 2.45) is 0 Å². The number of aryl methyl sites for hydroxylation is 1. The molecule has 1 amide bonds. The zero-order valence-electron chi connectivity index (χ0n) is 16.8. The van der Waals surface area contributed by atoms with Gasteiger partial charge in [0.1, 0.15) is 0 Å². The molecular weight excluding hydrogens is 396 g/mol. The average Bonchev–Trinajstić information content (AvgIpc) is 3.20. The van der Waals surface area contributed by atoms with Crippen LogP contribution in [0.15, 0.2) is 72.8 Å². The summed E-state index contributed by atoms with van der Waals surface area (Å²) in [6.45, 7) is 4.35. The Kier molecular flexibility index (Phi) is 5.63. The van der Waals surface area contributed by atoms with E-state index in [-0.39, 0.29) is 11.7 Å². The van der Waals surface area contributed by atoms with Gasteiger partial charge in [-0.1, -0.05) is 71.8 Å². The van der Waals surface area contributed by atoms with E-state index < -0.39 is 0 Å². The van der Waals surface area contributed by atoms with Gasteiger partial charge >= 0.3 is 0 Å². The second kappa shape index (κ2) is 8.51. The molecule has 0 spiro atoms. The summed E-state index contributed by atoms with van der Waals surface area (Å²) in [6, 6.07) is 23.3. The molecule has 3 aromatic carbocycles. The minimum absolute atomic E-state index is 0.113. The van der Waals surface area contributed by atoms with E-state index in [2.05, 4.69) is 15.4 Å². The molecular formula is C24H21ClN4O. The van der Waals surface area contributed by atoms with E-state index in [1.165, 1.54) is 0 Å². The smallest absolute Gasteiger partial charge is 0.291 e. The molecule has 30 heavy (non-hydrogen) atoms. The highest BCUT2D eigenvalue weighted by atomic mass is 35.5. The van der Waals surface area contributed by atoms with E-state index in [9.17, 15) is 4.79 Å². The Bertz CT molecular complexity index is 1200. The first kappa shape index (κ1) is 19.9. The van der Waals surface area contributed by atoms with Gasteiger partial charge in [0, 0.05) is 17.1 Å². The van der Waals surface area contributed by atoms with E-state index in [0.29, 0.717) is 17.4 Å². The SMILES string of the molecule is Cc1cccc(-c2nc(C(=O)NCc3ccccc3)nn2-c2cccc(Cl)c2C)c1. The highest BCUT2D eigenvalue weighted by Gasteiger charge is 2.20. The van der Waals surface area contributed by atoms with Crippen LogP contribution in [0, 0.1) is 13.8 Å². The number of carbonyl (C=O) groups excluding carboxylic acids is 1. The minimum atomic E-state index is -0.328. The van der Waals surface area contributed by atoms with Gasteiger partial charge in [-0.05, 0) is 43.2 Å². The lowest BCUT2D eigenvalue weighted by molar-refractivity contribution is 0.0940. The molecule has 1 N–H and O–H groups in total. The monoisotopic (exact) mass is 416 g/mol. The molecule has 0 unspecified atom stereocenters. The van der Waals surface area contributed by atoms with Crippen molar-refractivity contribution < 1.29 is 4.79 Å². The third kappa shape index (κ3) is 4.11. The highest BCUT2D eigenvalue weighted by molar-refractivity contribution is 6.31. The molecule has 5 nitrogen and oxygen atoms in total. The average molecular weight is 417 g/mol. The second-order valence-corrected chi connectivity index (χ2v) is 7.50. The molecule has 0 aliphatic heterocycles. The lowest BCUT2D eigenvalue weighted by atomic mass is 10.1. The molecule has 0 atom stereocenters. The lowest BCUT2D eigenvalue weighted by Crippen LogP contribution is -2.24. The standard InChI is InChI=1S/C24H21ClN4O/c1-16-8-6-11-19(14-16)23-27-22(24(30)26-15-18-9-4-3-5-10-18)28-29(23)21-13-7-12-20(25)17(21)2/h3-14H,15H2,1-2H3,(H,26,30). The molecule has 150 valence electrons. The zero-order chi connectivity index (χ0) is 21.1. The van der Waals surface area contributed by atoms with Crippen molar-refractivity contribution in [3.63, 3.8) is 0 Å². The van der Waals surface area contributed by atoms with E-state index in [0.717, 1.165) is 27.9 Å². The number of rotatable bonds is 5. The van der Waals surface area contributed by atoms with Gasteiger partial charge in [-0.15, -0.1) is 5.10 Å². The van der Waals surface area contributed by atoms with Gasteiger partial charge in [0.25, 0.3) is 5.91 Å². The van der Waals surface area contributed by atoms with E-state index in [4.69, 9.17) is 11.6 Å². The number of halogens is 1. The molecule has 1 aromatic heterocycles. The zero-order valence-corrected chi connectivity index (χ0v) is 17.5. The quantitative estimate of drug-likeness (QED) is 0.490. The maximum atomic E-state index is 12.8. The number of aromatic nitrogens is 3. The first-order valence-corrected chi connectivity index (χ1v) is 10.0. The molecule has 1 heterocycles. The summed E-state index contributed by atoms with van der Waals surface area (Å²) in [4.78, 5) is 17.4. The molecule has 0 saturated heterocycles. The molecule has 0 saturated carbocycles. The summed E-state index contributed by atoms with van der Waals surface area (Å²) >= 11 is 6.33. The Balaban J connectivity index is 1.74. The Morgan fingerprint density at radius 3 is 2.53 bits per heavy atom. The summed E-state index contributed by atoms with van der Waals surface area (Å²) in [6.07, 6.45) is 0. The lowest BCUT2D eigenvalue weighted by Gasteiger charge is -2.10. The first-order valence-electron chi connectivity index (χ1n) is 9.64. The van der Waals surface area contributed by atoms with Crippen molar-refractivity contribution in [3.8, 4) is 17.1 Å². The van der Waals surface area contributed by atoms with Gasteiger partial charge < -0.3 is 5.32 Å². The Labute approximate surface area is 180 Å².